The number of para-hydroxylation sites is 1. The zero-order valence-corrected chi connectivity index (χ0v) is 18.9. The molecule has 1 saturated heterocycles. The Morgan fingerprint density at radius 2 is 1.76 bits per heavy atom. The first-order valence-corrected chi connectivity index (χ1v) is 12.7. The predicted octanol–water partition coefficient (Wildman–Crippen LogP) is -1.50. The molecule has 1 aromatic heterocycles. The Labute approximate surface area is 191 Å². The number of nitrogens with zero attached hydrogens (tertiary/aromatic N) is 2. The van der Waals surface area contributed by atoms with E-state index in [4.69, 9.17) is 9.29 Å². The second kappa shape index (κ2) is 9.82. The maximum absolute atomic E-state index is 11.7. The number of aliphatic hydroxyl groups excluding tert-OH is 4. The van der Waals surface area contributed by atoms with Crippen LogP contribution >= 0.6 is 11.8 Å². The Balaban J connectivity index is 1.98. The molecule has 5 atom stereocenters. The summed E-state index contributed by atoms with van der Waals surface area (Å²) in [4.78, 5) is 0. The Hall–Kier alpha value is -1.80. The topological polar surface area (TPSA) is 225 Å². The number of oxime groups is 1. The molecule has 0 unspecified atom stereocenters. The monoisotopic (exact) mass is 528 g/mol. The van der Waals surface area contributed by atoms with Gasteiger partial charge in [0, 0.05) is 18.0 Å². The van der Waals surface area contributed by atoms with Crippen molar-refractivity contribution >= 4 is 48.4 Å². The highest BCUT2D eigenvalue weighted by atomic mass is 32.3. The number of aromatic nitrogens is 1. The molecule has 2 aromatic rings. The van der Waals surface area contributed by atoms with Gasteiger partial charge in [0.05, 0.1) is 12.1 Å². The second-order valence-electron chi connectivity index (χ2n) is 6.92. The van der Waals surface area contributed by atoms with E-state index < -0.39 is 57.2 Å². The van der Waals surface area contributed by atoms with Crippen molar-refractivity contribution in [3.8, 4) is 0 Å². The number of thioether (sulfide) groups is 1. The lowest BCUT2D eigenvalue weighted by Gasteiger charge is -2.39. The van der Waals surface area contributed by atoms with Crippen LogP contribution in [0, 0.1) is 0 Å². The van der Waals surface area contributed by atoms with Crippen LogP contribution in [-0.4, -0.2) is 91.8 Å². The summed E-state index contributed by atoms with van der Waals surface area (Å²) in [5, 5.41) is 42.8. The molecule has 0 spiro atoms. The van der Waals surface area contributed by atoms with Gasteiger partial charge in [-0.25, -0.2) is 8.26 Å². The van der Waals surface area contributed by atoms with Gasteiger partial charge in [-0.15, -0.1) is 0 Å². The van der Waals surface area contributed by atoms with Crippen LogP contribution in [0.4, 0.5) is 0 Å². The summed E-state index contributed by atoms with van der Waals surface area (Å²) in [5.74, 6) is 0. The fourth-order valence-electron chi connectivity index (χ4n) is 3.20. The molecule has 33 heavy (non-hydrogen) atoms. The summed E-state index contributed by atoms with van der Waals surface area (Å²) in [6, 6.07) is 6.03. The smallest absolute Gasteiger partial charge is 0.394 e. The van der Waals surface area contributed by atoms with Gasteiger partial charge in [0.1, 0.15) is 34.9 Å². The molecule has 17 heteroatoms. The number of rotatable bonds is 7. The molecule has 0 bridgehead atoms. The first-order valence-electron chi connectivity index (χ1n) is 9.09. The van der Waals surface area contributed by atoms with Gasteiger partial charge < -0.3 is 25.2 Å². The molecule has 184 valence electrons. The zero-order chi connectivity index (χ0) is 24.6. The number of benzene rings is 1. The zero-order valence-electron chi connectivity index (χ0n) is 16.4. The first-order chi connectivity index (χ1) is 15.3. The summed E-state index contributed by atoms with van der Waals surface area (Å²) in [6.45, 7) is -0.710. The van der Waals surface area contributed by atoms with E-state index in [-0.39, 0.29) is 22.5 Å². The molecular weight excluding hydrogens is 508 g/mol. The van der Waals surface area contributed by atoms with E-state index in [0.29, 0.717) is 21.1 Å². The lowest BCUT2D eigenvalue weighted by molar-refractivity contribution is -0.205. The Kier molecular flexibility index (Phi) is 7.68. The third kappa shape index (κ3) is 6.01. The van der Waals surface area contributed by atoms with Crippen molar-refractivity contribution in [3.05, 3.63) is 36.0 Å². The van der Waals surface area contributed by atoms with Gasteiger partial charge in [-0.2, -0.15) is 16.8 Å². The van der Waals surface area contributed by atoms with E-state index >= 15 is 0 Å². The van der Waals surface area contributed by atoms with Crippen LogP contribution in [0.1, 0.15) is 5.56 Å². The molecule has 0 aliphatic carbocycles. The summed E-state index contributed by atoms with van der Waals surface area (Å²) in [5.41, 5.74) is -1.06. The quantitative estimate of drug-likeness (QED) is 0.104. The highest BCUT2D eigenvalue weighted by Gasteiger charge is 2.44. The number of aliphatic hydroxyl groups is 4. The van der Waals surface area contributed by atoms with Crippen LogP contribution in [0.2, 0.25) is 0 Å². The highest BCUT2D eigenvalue weighted by molar-refractivity contribution is 8.14. The molecule has 1 aliphatic rings. The minimum atomic E-state index is -5.04. The van der Waals surface area contributed by atoms with E-state index in [9.17, 15) is 41.8 Å². The van der Waals surface area contributed by atoms with Crippen LogP contribution in [0.3, 0.4) is 0 Å². The van der Waals surface area contributed by atoms with Crippen molar-refractivity contribution in [2.45, 2.75) is 36.3 Å². The summed E-state index contributed by atoms with van der Waals surface area (Å²) in [7, 11) is -9.73. The van der Waals surface area contributed by atoms with E-state index in [1.807, 2.05) is 0 Å². The van der Waals surface area contributed by atoms with E-state index in [1.165, 1.54) is 18.2 Å². The van der Waals surface area contributed by atoms with E-state index in [0.717, 1.165) is 6.20 Å². The first kappa shape index (κ1) is 25.8. The number of hydrogen-bond acceptors (Lipinski definition) is 12. The van der Waals surface area contributed by atoms with Crippen LogP contribution in [0.5, 0.6) is 0 Å². The standard InChI is InChI=1S/C16H20N2O12S3/c19-7-11-13(20)14(21)15(22)16(29-11)31-12(17-30-33(26,27)28)5-8-6-18(32(23,24)25)10-4-2-1-3-9(8)10/h1-4,6,11,13-16,19-22H,5,7H2,(H,23,24,25)(H,26,27,28)/b17-12+/t11-,13-,14+,15-,16+/m1/s1. The molecule has 2 heterocycles. The lowest BCUT2D eigenvalue weighted by Crippen LogP contribution is -2.57. The van der Waals surface area contributed by atoms with Crippen molar-refractivity contribution in [3.63, 3.8) is 0 Å². The van der Waals surface area contributed by atoms with Gasteiger partial charge in [0.25, 0.3) is 0 Å². The van der Waals surface area contributed by atoms with Crippen molar-refractivity contribution in [2.75, 3.05) is 6.61 Å². The van der Waals surface area contributed by atoms with Crippen molar-refractivity contribution in [1.82, 2.24) is 3.97 Å². The van der Waals surface area contributed by atoms with Crippen molar-refractivity contribution in [2.24, 2.45) is 5.16 Å². The SMILES string of the molecule is O=S(=O)(O)O/N=C(\Cc1cn(S(=O)(=O)O)c2ccccc12)S[C@@H]1O[C@H](CO)[C@@H](O)[C@H](O)[C@H]1O. The van der Waals surface area contributed by atoms with Gasteiger partial charge in [-0.3, -0.25) is 9.11 Å². The maximum Gasteiger partial charge on any atom is 0.466 e. The van der Waals surface area contributed by atoms with Crippen molar-refractivity contribution in [1.29, 1.82) is 0 Å². The molecular formula is C16H20N2O12S3. The molecule has 3 rings (SSSR count). The predicted molar refractivity (Wildman–Crippen MR) is 114 cm³/mol. The minimum Gasteiger partial charge on any atom is -0.394 e. The maximum atomic E-state index is 11.7. The molecule has 1 aromatic carbocycles. The largest absolute Gasteiger partial charge is 0.466 e. The molecule has 0 saturated carbocycles. The summed E-state index contributed by atoms with van der Waals surface area (Å²) in [6.07, 6.45) is -5.61. The van der Waals surface area contributed by atoms with Gasteiger partial charge in [-0.1, -0.05) is 35.1 Å². The highest BCUT2D eigenvalue weighted by Crippen LogP contribution is 2.32. The van der Waals surface area contributed by atoms with Crippen molar-refractivity contribution < 1.29 is 55.4 Å². The fraction of sp³-hybridized carbons (Fsp3) is 0.438. The van der Waals surface area contributed by atoms with Crippen LogP contribution in [0.15, 0.2) is 35.6 Å². The molecule has 1 fully saturated rings. The minimum absolute atomic E-state index is 0.0999. The normalized spacial score (nSPS) is 27.1. The van der Waals surface area contributed by atoms with Gasteiger partial charge >= 0.3 is 20.7 Å². The van der Waals surface area contributed by atoms with Crippen LogP contribution in [0.25, 0.3) is 10.9 Å². The van der Waals surface area contributed by atoms with Gasteiger partial charge in [-0.05, 0) is 11.6 Å². The summed E-state index contributed by atoms with van der Waals surface area (Å²) < 4.78 is 73.8. The van der Waals surface area contributed by atoms with E-state index in [2.05, 4.69) is 9.44 Å². The number of ether oxygens (including phenoxy) is 1. The molecule has 6 N–H and O–H groups in total. The molecule has 0 radical (unpaired) electrons. The number of fused-ring (bicyclic) bond motifs is 1. The van der Waals surface area contributed by atoms with E-state index in [1.54, 1.807) is 6.07 Å². The fourth-order valence-corrected chi connectivity index (χ4v) is 5.18. The van der Waals surface area contributed by atoms with Gasteiger partial charge in [0.15, 0.2) is 0 Å². The average Bonchev–Trinajstić information content (AvgIpc) is 3.11. The average molecular weight is 529 g/mol. The van der Waals surface area contributed by atoms with Gasteiger partial charge in [0.2, 0.25) is 0 Å². The molecule has 0 amide bonds. The second-order valence-corrected chi connectivity index (χ2v) is 10.4. The third-order valence-corrected chi connectivity index (χ3v) is 6.86. The lowest BCUT2D eigenvalue weighted by atomic mass is 10.0. The van der Waals surface area contributed by atoms with Crippen LogP contribution < -0.4 is 0 Å². The number of hydrogen-bond donors (Lipinski definition) is 6. The summed E-state index contributed by atoms with van der Waals surface area (Å²) >= 11 is 0.533. The van der Waals surface area contributed by atoms with Crippen LogP contribution in [-0.2, 0) is 36.1 Å². The molecule has 1 aliphatic heterocycles. The molecule has 14 nitrogen and oxygen atoms in total. The Morgan fingerprint density at radius 3 is 2.36 bits per heavy atom. The Bertz CT molecular complexity index is 1240. The Morgan fingerprint density at radius 1 is 1.09 bits per heavy atom. The third-order valence-electron chi connectivity index (χ3n) is 4.68.